The van der Waals surface area contributed by atoms with Gasteiger partial charge in [-0.2, -0.15) is 0 Å². The molecule has 5 nitrogen and oxygen atoms in total. The van der Waals surface area contributed by atoms with E-state index < -0.39 is 0 Å². The van der Waals surface area contributed by atoms with Crippen LogP contribution in [0, 0.1) is 5.82 Å². The number of benzene rings is 1. The Kier molecular flexibility index (Phi) is 4.76. The minimum Gasteiger partial charge on any atom is -0.379 e. The molecule has 0 unspecified atom stereocenters. The Labute approximate surface area is 152 Å². The number of rotatable bonds is 4. The number of hydrogen-bond acceptors (Lipinski definition) is 6. The molecule has 1 aromatic carbocycles. The van der Waals surface area contributed by atoms with Crippen molar-refractivity contribution in [1.29, 1.82) is 0 Å². The number of thiophene rings is 1. The van der Waals surface area contributed by atoms with Crippen LogP contribution in [0.15, 0.2) is 29.6 Å². The fraction of sp³-hybridized carbons (Fsp3) is 0.294. The monoisotopic (exact) mass is 377 g/mol. The topological polar surface area (TPSA) is 54.5 Å². The van der Waals surface area contributed by atoms with Crippen molar-refractivity contribution in [2.75, 3.05) is 31.6 Å². The molecule has 0 aliphatic carbocycles. The van der Waals surface area contributed by atoms with Gasteiger partial charge in [0.05, 0.1) is 23.8 Å². The van der Waals surface area contributed by atoms with Crippen LogP contribution in [0.4, 0.5) is 9.52 Å². The Morgan fingerprint density at radius 3 is 3.00 bits per heavy atom. The summed E-state index contributed by atoms with van der Waals surface area (Å²) in [6, 6.07) is 6.45. The molecule has 1 aliphatic heterocycles. The Balaban J connectivity index is 1.44. The number of carbonyl (C=O) groups excluding carboxylic acids is 1. The van der Waals surface area contributed by atoms with E-state index in [1.807, 2.05) is 11.4 Å². The van der Waals surface area contributed by atoms with Crippen molar-refractivity contribution in [1.82, 2.24) is 9.88 Å². The number of aromatic nitrogens is 1. The molecule has 1 aliphatic rings. The number of amides is 1. The molecule has 25 heavy (non-hydrogen) atoms. The third-order valence-electron chi connectivity index (χ3n) is 3.99. The molecule has 2 aromatic heterocycles. The van der Waals surface area contributed by atoms with Gasteiger partial charge in [-0.1, -0.05) is 6.07 Å². The van der Waals surface area contributed by atoms with Gasteiger partial charge in [-0.15, -0.1) is 22.7 Å². The first-order valence-corrected chi connectivity index (χ1v) is 9.62. The minimum absolute atomic E-state index is 0.257. The highest BCUT2D eigenvalue weighted by atomic mass is 32.1. The highest BCUT2D eigenvalue weighted by Crippen LogP contribution is 2.28. The maximum atomic E-state index is 13.8. The number of nitrogens with one attached hydrogen (secondary N) is 1. The Morgan fingerprint density at radius 1 is 1.36 bits per heavy atom. The molecule has 0 saturated carbocycles. The number of halogens is 1. The molecule has 3 aromatic rings. The van der Waals surface area contributed by atoms with Gasteiger partial charge in [0.2, 0.25) is 0 Å². The Hall–Kier alpha value is -1.87. The van der Waals surface area contributed by atoms with Gasteiger partial charge in [-0.05, 0) is 18.2 Å². The molecule has 4 rings (SSSR count). The summed E-state index contributed by atoms with van der Waals surface area (Å²) in [4.78, 5) is 19.6. The number of morpholine rings is 1. The zero-order chi connectivity index (χ0) is 17.2. The number of nitrogens with zero attached hydrogens (tertiary/aromatic N) is 2. The highest BCUT2D eigenvalue weighted by molar-refractivity contribution is 7.21. The normalized spacial score (nSPS) is 15.6. The molecule has 0 radical (unpaired) electrons. The molecule has 0 spiro atoms. The van der Waals surface area contributed by atoms with Crippen LogP contribution in [-0.4, -0.2) is 42.1 Å². The second-order valence-electron chi connectivity index (χ2n) is 5.75. The lowest BCUT2D eigenvalue weighted by Gasteiger charge is -2.25. The number of hydrogen-bond donors (Lipinski definition) is 1. The SMILES string of the molecule is O=C(Nc1nc(CN2CCOCC2)cs1)c1cc2c(F)cccc2s1. The van der Waals surface area contributed by atoms with Gasteiger partial charge in [-0.3, -0.25) is 15.0 Å². The maximum Gasteiger partial charge on any atom is 0.267 e. The summed E-state index contributed by atoms with van der Waals surface area (Å²) in [5, 5.41) is 5.80. The van der Waals surface area contributed by atoms with E-state index in [2.05, 4.69) is 15.2 Å². The highest BCUT2D eigenvalue weighted by Gasteiger charge is 2.16. The third-order valence-corrected chi connectivity index (χ3v) is 5.90. The molecule has 0 bridgehead atoms. The van der Waals surface area contributed by atoms with E-state index in [4.69, 9.17) is 4.74 Å². The van der Waals surface area contributed by atoms with E-state index >= 15 is 0 Å². The van der Waals surface area contributed by atoms with Gasteiger partial charge in [0, 0.05) is 35.1 Å². The van der Waals surface area contributed by atoms with Gasteiger partial charge in [0.1, 0.15) is 5.82 Å². The molecule has 3 heterocycles. The molecule has 1 N–H and O–H groups in total. The number of ether oxygens (including phenoxy) is 1. The van der Waals surface area contributed by atoms with E-state index in [9.17, 15) is 9.18 Å². The quantitative estimate of drug-likeness (QED) is 0.755. The van der Waals surface area contributed by atoms with E-state index in [1.54, 1.807) is 12.1 Å². The molecule has 130 valence electrons. The van der Waals surface area contributed by atoms with Crippen LogP contribution < -0.4 is 5.32 Å². The molecular formula is C17H16FN3O2S2. The summed E-state index contributed by atoms with van der Waals surface area (Å²) in [7, 11) is 0. The van der Waals surface area contributed by atoms with Crippen molar-refractivity contribution in [2.45, 2.75) is 6.54 Å². The first-order valence-electron chi connectivity index (χ1n) is 7.93. The first kappa shape index (κ1) is 16.6. The summed E-state index contributed by atoms with van der Waals surface area (Å²) in [6.07, 6.45) is 0. The largest absolute Gasteiger partial charge is 0.379 e. The lowest BCUT2D eigenvalue weighted by Crippen LogP contribution is -2.35. The van der Waals surface area contributed by atoms with Gasteiger partial charge in [0.25, 0.3) is 5.91 Å². The molecule has 8 heteroatoms. The van der Waals surface area contributed by atoms with Crippen LogP contribution in [0.5, 0.6) is 0 Å². The summed E-state index contributed by atoms with van der Waals surface area (Å²) in [5.74, 6) is -0.567. The molecule has 1 saturated heterocycles. The lowest BCUT2D eigenvalue weighted by molar-refractivity contribution is 0.0337. The predicted molar refractivity (Wildman–Crippen MR) is 97.9 cm³/mol. The van der Waals surface area contributed by atoms with Crippen LogP contribution in [0.3, 0.4) is 0 Å². The van der Waals surface area contributed by atoms with Crippen LogP contribution >= 0.6 is 22.7 Å². The van der Waals surface area contributed by atoms with Crippen LogP contribution in [-0.2, 0) is 11.3 Å². The van der Waals surface area contributed by atoms with Crippen molar-refractivity contribution in [3.8, 4) is 0 Å². The average molecular weight is 377 g/mol. The minimum atomic E-state index is -0.310. The van der Waals surface area contributed by atoms with Gasteiger partial charge >= 0.3 is 0 Å². The van der Waals surface area contributed by atoms with Crippen molar-refractivity contribution in [3.05, 3.63) is 46.0 Å². The Morgan fingerprint density at radius 2 is 2.20 bits per heavy atom. The number of anilines is 1. The Bertz CT molecular complexity index is 902. The maximum absolute atomic E-state index is 13.8. The van der Waals surface area contributed by atoms with Crippen LogP contribution in [0.2, 0.25) is 0 Å². The summed E-state index contributed by atoms with van der Waals surface area (Å²) in [6.45, 7) is 4.04. The summed E-state index contributed by atoms with van der Waals surface area (Å²) >= 11 is 2.68. The standard InChI is InChI=1S/C17H16FN3O2S2/c18-13-2-1-3-14-12(13)8-15(25-14)16(22)20-17-19-11(10-24-17)9-21-4-6-23-7-5-21/h1-3,8,10H,4-7,9H2,(H,19,20,22). The van der Waals surface area contributed by atoms with Crippen molar-refractivity contribution in [2.24, 2.45) is 0 Å². The van der Waals surface area contributed by atoms with E-state index in [-0.39, 0.29) is 11.7 Å². The third kappa shape index (κ3) is 3.72. The second-order valence-corrected chi connectivity index (χ2v) is 7.69. The summed E-state index contributed by atoms with van der Waals surface area (Å²) < 4.78 is 19.9. The molecule has 0 atom stereocenters. The van der Waals surface area contributed by atoms with Crippen molar-refractivity contribution in [3.63, 3.8) is 0 Å². The fourth-order valence-electron chi connectivity index (χ4n) is 2.72. The number of thiazole rings is 1. The zero-order valence-electron chi connectivity index (χ0n) is 13.3. The average Bonchev–Trinajstić information content (AvgIpc) is 3.23. The smallest absolute Gasteiger partial charge is 0.267 e. The van der Waals surface area contributed by atoms with E-state index in [0.29, 0.717) is 15.4 Å². The summed E-state index contributed by atoms with van der Waals surface area (Å²) in [5.41, 5.74) is 0.935. The molecule has 1 amide bonds. The van der Waals surface area contributed by atoms with E-state index in [0.717, 1.165) is 43.2 Å². The fourth-order valence-corrected chi connectivity index (χ4v) is 4.39. The molecule has 1 fully saturated rings. The predicted octanol–water partition coefficient (Wildman–Crippen LogP) is 3.58. The van der Waals surface area contributed by atoms with Gasteiger partial charge < -0.3 is 4.74 Å². The van der Waals surface area contributed by atoms with Gasteiger partial charge in [-0.25, -0.2) is 9.37 Å². The molecular weight excluding hydrogens is 361 g/mol. The van der Waals surface area contributed by atoms with E-state index in [1.165, 1.54) is 28.7 Å². The first-order chi connectivity index (χ1) is 12.2. The van der Waals surface area contributed by atoms with Crippen molar-refractivity contribution >= 4 is 43.8 Å². The number of fused-ring (bicyclic) bond motifs is 1. The zero-order valence-corrected chi connectivity index (χ0v) is 15.0. The van der Waals surface area contributed by atoms with Gasteiger partial charge in [0.15, 0.2) is 5.13 Å². The second kappa shape index (κ2) is 7.17. The van der Waals surface area contributed by atoms with Crippen LogP contribution in [0.25, 0.3) is 10.1 Å². The lowest BCUT2D eigenvalue weighted by atomic mass is 10.2. The van der Waals surface area contributed by atoms with Crippen molar-refractivity contribution < 1.29 is 13.9 Å². The van der Waals surface area contributed by atoms with Crippen LogP contribution in [0.1, 0.15) is 15.4 Å². The number of carbonyl (C=O) groups is 1.